The molecule has 8 rings (SSSR count). The normalized spacial score (nSPS) is 21.9. The Hall–Kier alpha value is -5.06. The van der Waals surface area contributed by atoms with E-state index in [1.165, 1.54) is 32.2 Å². The lowest BCUT2D eigenvalue weighted by molar-refractivity contribution is -0.124. The molecule has 3 aliphatic rings. The first kappa shape index (κ1) is 35.9. The highest BCUT2D eigenvalue weighted by Crippen LogP contribution is 2.41. The number of likely N-dealkylation sites (N-methyl/N-ethyl adjacent to an activating group) is 1. The van der Waals surface area contributed by atoms with Crippen molar-refractivity contribution in [3.05, 3.63) is 59.1 Å². The number of aliphatic hydroxyl groups is 1. The Morgan fingerprint density at radius 2 is 2.06 bits per heavy atom. The van der Waals surface area contributed by atoms with Crippen molar-refractivity contribution in [2.45, 2.75) is 62.9 Å². The summed E-state index contributed by atoms with van der Waals surface area (Å²) in [6.45, 7) is 5.13. The van der Waals surface area contributed by atoms with Gasteiger partial charge in [-0.25, -0.2) is 13.8 Å². The number of pyridine rings is 2. The second-order valence-corrected chi connectivity index (χ2v) is 15.2. The van der Waals surface area contributed by atoms with Crippen LogP contribution in [0.2, 0.25) is 5.02 Å². The van der Waals surface area contributed by atoms with E-state index in [-0.39, 0.29) is 59.0 Å². The number of nitrogens with two attached hydrogens (primary N) is 1. The van der Waals surface area contributed by atoms with Gasteiger partial charge in [-0.15, -0.1) is 0 Å². The number of nitrogens with zero attached hydrogens (tertiary/aromatic N) is 9. The molecule has 3 atom stereocenters. The Morgan fingerprint density at radius 1 is 1.22 bits per heavy atom. The fourth-order valence-electron chi connectivity index (χ4n) is 7.86. The van der Waals surface area contributed by atoms with Gasteiger partial charge in [0, 0.05) is 62.9 Å². The van der Waals surface area contributed by atoms with Crippen molar-refractivity contribution >= 4 is 56.9 Å². The van der Waals surface area contributed by atoms with Gasteiger partial charge in [-0.05, 0) is 57.2 Å². The average molecular weight is 761 g/mol. The third kappa shape index (κ3) is 6.55. The molecular weight excluding hydrogens is 722 g/mol. The third-order valence-corrected chi connectivity index (χ3v) is 11.0. The maximum atomic E-state index is 16.9. The summed E-state index contributed by atoms with van der Waals surface area (Å²) in [7, 11) is 1.82. The summed E-state index contributed by atoms with van der Waals surface area (Å²) in [5.74, 6) is -0.319. The molecule has 0 spiro atoms. The lowest BCUT2D eigenvalue weighted by Gasteiger charge is -2.31. The lowest BCUT2D eigenvalue weighted by Crippen LogP contribution is -2.43. The van der Waals surface area contributed by atoms with Crippen molar-refractivity contribution in [2.75, 3.05) is 50.5 Å². The van der Waals surface area contributed by atoms with Gasteiger partial charge in [0.1, 0.15) is 46.9 Å². The Bertz CT molecular complexity index is 2300. The van der Waals surface area contributed by atoms with Gasteiger partial charge in [-0.3, -0.25) is 14.7 Å². The number of ether oxygens (including phenoxy) is 1. The van der Waals surface area contributed by atoms with Gasteiger partial charge >= 0.3 is 6.01 Å². The van der Waals surface area contributed by atoms with Crippen molar-refractivity contribution in [1.82, 2.24) is 39.9 Å². The minimum atomic E-state index is -1.29. The zero-order valence-electron chi connectivity index (χ0n) is 30.0. The van der Waals surface area contributed by atoms with E-state index in [0.29, 0.717) is 59.5 Å². The number of hydrogen-bond donors (Lipinski definition) is 2. The van der Waals surface area contributed by atoms with E-state index < -0.39 is 23.1 Å². The first-order valence-corrected chi connectivity index (χ1v) is 18.2. The summed E-state index contributed by atoms with van der Waals surface area (Å²) < 4.78 is 42.9. The second kappa shape index (κ2) is 13.7. The van der Waals surface area contributed by atoms with Crippen LogP contribution in [0.15, 0.2) is 41.1 Å². The largest absolute Gasteiger partial charge is 0.461 e. The van der Waals surface area contributed by atoms with Crippen molar-refractivity contribution in [2.24, 2.45) is 0 Å². The van der Waals surface area contributed by atoms with Crippen LogP contribution in [0.3, 0.4) is 0 Å². The molecule has 3 aliphatic heterocycles. The van der Waals surface area contributed by atoms with Gasteiger partial charge in [-0.2, -0.15) is 15.0 Å². The van der Waals surface area contributed by atoms with Gasteiger partial charge in [0.15, 0.2) is 5.82 Å². The lowest BCUT2D eigenvalue weighted by atomic mass is 9.95. The van der Waals surface area contributed by atoms with Crippen molar-refractivity contribution in [3.63, 3.8) is 0 Å². The number of aromatic nitrogens is 6. The average Bonchev–Trinajstić information content (AvgIpc) is 3.94. The van der Waals surface area contributed by atoms with E-state index in [1.54, 1.807) is 23.1 Å². The van der Waals surface area contributed by atoms with E-state index in [9.17, 15) is 14.3 Å². The molecule has 1 amide bonds. The number of hydrogen-bond acceptors (Lipinski definition) is 13. The summed E-state index contributed by atoms with van der Waals surface area (Å²) in [5, 5.41) is 15.7. The molecule has 0 unspecified atom stereocenters. The van der Waals surface area contributed by atoms with Crippen molar-refractivity contribution in [1.29, 1.82) is 0 Å². The van der Waals surface area contributed by atoms with Crippen LogP contribution in [0, 0.1) is 5.82 Å². The number of halogens is 3. The number of benzene rings is 1. The van der Waals surface area contributed by atoms with E-state index >= 15 is 4.39 Å². The molecule has 3 fully saturated rings. The molecule has 0 aliphatic carbocycles. The van der Waals surface area contributed by atoms with Crippen LogP contribution in [0.1, 0.15) is 51.2 Å². The Morgan fingerprint density at radius 3 is 2.85 bits per heavy atom. The van der Waals surface area contributed by atoms with Crippen LogP contribution in [-0.4, -0.2) is 108 Å². The number of carbonyl (C=O) groups excluding carboxylic acids is 1. The molecule has 0 radical (unpaired) electrons. The summed E-state index contributed by atoms with van der Waals surface area (Å²) >= 11 is 6.59. The maximum absolute atomic E-state index is 16.9. The molecule has 0 bridgehead atoms. The summed E-state index contributed by atoms with van der Waals surface area (Å²) in [6, 6.07) is 6.65. The SMILES string of the molecule is CN(c1nc(OC[C@@]23CCCN2C[C@H](F)C3)nc2c(F)c(-c3nc(N)cc4cccc(Cl)c34)ncc12)[C@@H]1CCN(C(=O)/C=C/c2nc(C(C)(C)O)no2)C1. The summed E-state index contributed by atoms with van der Waals surface area (Å²) in [4.78, 5) is 41.3. The molecule has 54 heavy (non-hydrogen) atoms. The first-order valence-electron chi connectivity index (χ1n) is 17.8. The standard InChI is InChI=1S/C37H39ClF2N10O4/c1-36(2,52)34-44-26(54-47-34)8-9-27(51)49-13-10-22(18-49)48(3)33-23-16-42-32(31-28-20(14-25(41)43-31)6-4-7-24(28)38)29(40)30(23)45-35(46-33)53-19-37-11-5-12-50(37)17-21(39)15-37/h4,6-9,14,16,21-22,52H,5,10-13,15,17-19H2,1-3H3,(H2,41,43)/b9-8+/t21-,22-,37+/m1/s1. The number of carbonyl (C=O) groups is 1. The van der Waals surface area contributed by atoms with E-state index in [4.69, 9.17) is 31.6 Å². The number of likely N-dealkylation sites (tertiary alicyclic amines) is 1. The fraction of sp³-hybridized carbons (Fsp3) is 0.432. The van der Waals surface area contributed by atoms with Crippen molar-refractivity contribution < 1.29 is 27.9 Å². The molecule has 1 aromatic carbocycles. The van der Waals surface area contributed by atoms with Gasteiger partial charge in [0.2, 0.25) is 11.7 Å². The fourth-order valence-corrected chi connectivity index (χ4v) is 8.13. The molecular formula is C37H39ClF2N10O4. The topological polar surface area (TPSA) is 173 Å². The predicted octanol–water partition coefficient (Wildman–Crippen LogP) is 4.93. The van der Waals surface area contributed by atoms with Crippen LogP contribution in [-0.2, 0) is 10.4 Å². The van der Waals surface area contributed by atoms with E-state index in [2.05, 4.69) is 30.0 Å². The molecule has 17 heteroatoms. The Balaban J connectivity index is 1.13. The number of nitrogen functional groups attached to an aromatic ring is 1. The van der Waals surface area contributed by atoms with Crippen LogP contribution >= 0.6 is 11.6 Å². The summed E-state index contributed by atoms with van der Waals surface area (Å²) in [5.41, 5.74) is 4.39. The van der Waals surface area contributed by atoms with Gasteiger partial charge in [0.25, 0.3) is 5.89 Å². The maximum Gasteiger partial charge on any atom is 0.319 e. The monoisotopic (exact) mass is 760 g/mol. The molecule has 7 heterocycles. The molecule has 3 N–H and O–H groups in total. The summed E-state index contributed by atoms with van der Waals surface area (Å²) in [6.07, 6.45) is 5.92. The minimum Gasteiger partial charge on any atom is -0.461 e. The highest BCUT2D eigenvalue weighted by Gasteiger charge is 2.49. The molecule has 282 valence electrons. The quantitative estimate of drug-likeness (QED) is 0.194. The first-order chi connectivity index (χ1) is 25.8. The molecule has 3 saturated heterocycles. The van der Waals surface area contributed by atoms with Gasteiger partial charge in [0.05, 0.1) is 15.9 Å². The van der Waals surface area contributed by atoms with Crippen LogP contribution in [0.4, 0.5) is 20.4 Å². The minimum absolute atomic E-state index is 0.0503. The zero-order chi connectivity index (χ0) is 37.9. The van der Waals surface area contributed by atoms with E-state index in [1.807, 2.05) is 18.0 Å². The number of alkyl halides is 1. The molecule has 5 aromatic rings. The second-order valence-electron chi connectivity index (χ2n) is 14.8. The van der Waals surface area contributed by atoms with Crippen LogP contribution < -0.4 is 15.4 Å². The Kier molecular flexibility index (Phi) is 9.09. The highest BCUT2D eigenvalue weighted by atomic mass is 35.5. The van der Waals surface area contributed by atoms with E-state index in [0.717, 1.165) is 19.4 Å². The zero-order valence-corrected chi connectivity index (χ0v) is 30.7. The van der Waals surface area contributed by atoms with Gasteiger partial charge in [-0.1, -0.05) is 28.9 Å². The van der Waals surface area contributed by atoms with Crippen LogP contribution in [0.25, 0.3) is 39.1 Å². The van der Waals surface area contributed by atoms with Gasteiger partial charge < -0.3 is 29.9 Å². The number of rotatable bonds is 9. The smallest absolute Gasteiger partial charge is 0.319 e. The number of anilines is 2. The third-order valence-electron chi connectivity index (χ3n) is 10.6. The van der Waals surface area contributed by atoms with Crippen molar-refractivity contribution in [3.8, 4) is 17.4 Å². The number of amides is 1. The molecule has 14 nitrogen and oxygen atoms in total. The molecule has 0 saturated carbocycles. The molecule has 4 aromatic heterocycles. The highest BCUT2D eigenvalue weighted by molar-refractivity contribution is 6.36. The predicted molar refractivity (Wildman–Crippen MR) is 198 cm³/mol. The van der Waals surface area contributed by atoms with Crippen LogP contribution in [0.5, 0.6) is 6.01 Å². The number of fused-ring (bicyclic) bond motifs is 3. The Labute approximate surface area is 314 Å².